The number of aliphatic hydroxyl groups is 1. The average Bonchev–Trinajstić information content (AvgIpc) is 2.83. The van der Waals surface area contributed by atoms with Crippen LogP contribution in [0.3, 0.4) is 0 Å². The van der Waals surface area contributed by atoms with Crippen LogP contribution in [0.25, 0.3) is 0 Å². The summed E-state index contributed by atoms with van der Waals surface area (Å²) in [6.45, 7) is 13.2. The smallest absolute Gasteiger partial charge is 0.246 e. The molecule has 0 radical (unpaired) electrons. The van der Waals surface area contributed by atoms with Crippen LogP contribution in [0.1, 0.15) is 74.1 Å². The third kappa shape index (κ3) is 9.91. The Balaban J connectivity index is 6.16. The molecule has 0 aromatic heterocycles. The predicted octanol–water partition coefficient (Wildman–Crippen LogP) is 2.34. The molecule has 3 N–H and O–H groups in total. The van der Waals surface area contributed by atoms with Crippen molar-refractivity contribution >= 4 is 23.6 Å². The second-order valence-electron chi connectivity index (χ2n) is 10.4. The van der Waals surface area contributed by atoms with Crippen molar-refractivity contribution < 1.29 is 24.3 Å². The molecule has 0 unspecified atom stereocenters. The SMILES string of the molecule is C/C=C/C[C@@H](C)[C@@H](O)[C@@H](C(=O)N[C@@H](CC)C(=O)NC)N(C)C(=O)[C@H](C(C)C)N(C)C(=O)CCC(C)C. The molecule has 0 fully saturated rings. The van der Waals surface area contributed by atoms with Crippen LogP contribution in [0.15, 0.2) is 12.2 Å². The van der Waals surface area contributed by atoms with E-state index in [4.69, 9.17) is 0 Å². The van der Waals surface area contributed by atoms with E-state index in [1.807, 2.05) is 46.8 Å². The zero-order chi connectivity index (χ0) is 28.2. The largest absolute Gasteiger partial charge is 0.390 e. The first-order valence-corrected chi connectivity index (χ1v) is 13.1. The van der Waals surface area contributed by atoms with Crippen LogP contribution in [0, 0.1) is 17.8 Å². The van der Waals surface area contributed by atoms with Crippen LogP contribution in [0.5, 0.6) is 0 Å². The third-order valence-corrected chi connectivity index (χ3v) is 6.60. The summed E-state index contributed by atoms with van der Waals surface area (Å²) >= 11 is 0. The van der Waals surface area contributed by atoms with Gasteiger partial charge in [-0.05, 0) is 43.9 Å². The van der Waals surface area contributed by atoms with Gasteiger partial charge in [0.25, 0.3) is 0 Å². The van der Waals surface area contributed by atoms with E-state index in [0.717, 1.165) is 0 Å². The highest BCUT2D eigenvalue weighted by Crippen LogP contribution is 2.21. The molecule has 0 saturated heterocycles. The van der Waals surface area contributed by atoms with Gasteiger partial charge in [-0.2, -0.15) is 0 Å². The summed E-state index contributed by atoms with van der Waals surface area (Å²) in [6, 6.07) is -2.84. The van der Waals surface area contributed by atoms with Crippen molar-refractivity contribution in [2.75, 3.05) is 21.1 Å². The first-order valence-electron chi connectivity index (χ1n) is 13.1. The second-order valence-corrected chi connectivity index (χ2v) is 10.4. The molecule has 0 bridgehead atoms. The lowest BCUT2D eigenvalue weighted by atomic mass is 9.91. The summed E-state index contributed by atoms with van der Waals surface area (Å²) < 4.78 is 0. The van der Waals surface area contributed by atoms with Gasteiger partial charge in [0.1, 0.15) is 18.1 Å². The molecule has 0 aliphatic heterocycles. The van der Waals surface area contributed by atoms with E-state index in [1.54, 1.807) is 20.9 Å². The molecule has 208 valence electrons. The third-order valence-electron chi connectivity index (χ3n) is 6.60. The summed E-state index contributed by atoms with van der Waals surface area (Å²) in [4.78, 5) is 54.9. The molecule has 0 heterocycles. The summed E-state index contributed by atoms with van der Waals surface area (Å²) in [5.74, 6) is -1.75. The van der Waals surface area contributed by atoms with Gasteiger partial charge in [0.05, 0.1) is 6.10 Å². The predicted molar refractivity (Wildman–Crippen MR) is 143 cm³/mol. The van der Waals surface area contributed by atoms with E-state index in [-0.39, 0.29) is 23.7 Å². The molecule has 0 aliphatic rings. The highest BCUT2D eigenvalue weighted by Gasteiger charge is 2.41. The van der Waals surface area contributed by atoms with Crippen molar-refractivity contribution in [1.82, 2.24) is 20.4 Å². The molecule has 9 heteroatoms. The lowest BCUT2D eigenvalue weighted by Gasteiger charge is -2.39. The Hall–Kier alpha value is -2.42. The zero-order valence-electron chi connectivity index (χ0n) is 24.0. The monoisotopic (exact) mass is 510 g/mol. The number of nitrogens with zero attached hydrogens (tertiary/aromatic N) is 2. The molecule has 36 heavy (non-hydrogen) atoms. The van der Waals surface area contributed by atoms with Gasteiger partial charge in [0.2, 0.25) is 23.6 Å². The molecular weight excluding hydrogens is 460 g/mol. The van der Waals surface area contributed by atoms with Crippen molar-refractivity contribution in [3.8, 4) is 0 Å². The maximum atomic E-state index is 13.7. The van der Waals surface area contributed by atoms with Gasteiger partial charge in [-0.15, -0.1) is 0 Å². The van der Waals surface area contributed by atoms with E-state index < -0.39 is 36.0 Å². The van der Waals surface area contributed by atoms with Crippen LogP contribution in [0.2, 0.25) is 0 Å². The fraction of sp³-hybridized carbons (Fsp3) is 0.778. The van der Waals surface area contributed by atoms with Crippen LogP contribution in [0.4, 0.5) is 0 Å². The first kappa shape index (κ1) is 33.6. The number of rotatable bonds is 15. The van der Waals surface area contributed by atoms with Crippen LogP contribution in [-0.4, -0.2) is 83.9 Å². The molecule has 0 aliphatic carbocycles. The Morgan fingerprint density at radius 2 is 1.53 bits per heavy atom. The van der Waals surface area contributed by atoms with Gasteiger partial charge in [-0.25, -0.2) is 0 Å². The number of carbonyl (C=O) groups is 4. The fourth-order valence-electron chi connectivity index (χ4n) is 4.13. The van der Waals surface area contributed by atoms with Crippen LogP contribution < -0.4 is 10.6 Å². The number of nitrogens with one attached hydrogen (secondary N) is 2. The number of likely N-dealkylation sites (N-methyl/N-ethyl adjacent to an activating group) is 3. The van der Waals surface area contributed by atoms with Crippen LogP contribution in [-0.2, 0) is 19.2 Å². The first-order chi connectivity index (χ1) is 16.7. The molecule has 4 amide bonds. The molecular formula is C27H50N4O5. The Bertz CT molecular complexity index is 752. The molecule has 0 rings (SSSR count). The summed E-state index contributed by atoms with van der Waals surface area (Å²) in [7, 11) is 4.57. The molecule has 0 saturated carbocycles. The normalized spacial score (nSPS) is 15.8. The van der Waals surface area contributed by atoms with Crippen molar-refractivity contribution in [3.05, 3.63) is 12.2 Å². The highest BCUT2D eigenvalue weighted by molar-refractivity contribution is 5.94. The molecule has 0 aromatic rings. The molecule has 5 atom stereocenters. The Morgan fingerprint density at radius 3 is 1.97 bits per heavy atom. The molecule has 0 spiro atoms. The minimum absolute atomic E-state index is 0.141. The van der Waals surface area contributed by atoms with E-state index in [1.165, 1.54) is 23.9 Å². The lowest BCUT2D eigenvalue weighted by molar-refractivity contribution is -0.153. The van der Waals surface area contributed by atoms with Gasteiger partial charge >= 0.3 is 0 Å². The van der Waals surface area contributed by atoms with Crippen molar-refractivity contribution in [3.63, 3.8) is 0 Å². The van der Waals surface area contributed by atoms with Gasteiger partial charge in [0.15, 0.2) is 0 Å². The quantitative estimate of drug-likeness (QED) is 0.292. The minimum Gasteiger partial charge on any atom is -0.390 e. The number of aliphatic hydroxyl groups excluding tert-OH is 1. The Morgan fingerprint density at radius 1 is 0.944 bits per heavy atom. The maximum absolute atomic E-state index is 13.7. The number of hydrogen-bond donors (Lipinski definition) is 3. The number of hydrogen-bond acceptors (Lipinski definition) is 5. The van der Waals surface area contributed by atoms with Crippen molar-refractivity contribution in [2.45, 2.75) is 98.4 Å². The number of carbonyl (C=O) groups excluding carboxylic acids is 4. The molecule has 0 aromatic carbocycles. The van der Waals surface area contributed by atoms with E-state index in [0.29, 0.717) is 31.6 Å². The van der Waals surface area contributed by atoms with Crippen molar-refractivity contribution in [1.29, 1.82) is 0 Å². The van der Waals surface area contributed by atoms with Gasteiger partial charge in [0, 0.05) is 27.6 Å². The Kier molecular flexibility index (Phi) is 15.3. The van der Waals surface area contributed by atoms with Gasteiger partial charge in [-0.3, -0.25) is 19.2 Å². The van der Waals surface area contributed by atoms with Crippen LogP contribution >= 0.6 is 0 Å². The van der Waals surface area contributed by atoms with Gasteiger partial charge < -0.3 is 25.5 Å². The topological polar surface area (TPSA) is 119 Å². The van der Waals surface area contributed by atoms with Gasteiger partial charge in [-0.1, -0.05) is 53.7 Å². The Labute approximate surface area is 218 Å². The maximum Gasteiger partial charge on any atom is 0.246 e. The van der Waals surface area contributed by atoms with E-state index in [2.05, 4.69) is 10.6 Å². The summed E-state index contributed by atoms with van der Waals surface area (Å²) in [5.41, 5.74) is 0. The number of allylic oxidation sites excluding steroid dienone is 2. The number of amides is 4. The molecule has 9 nitrogen and oxygen atoms in total. The fourth-order valence-corrected chi connectivity index (χ4v) is 4.13. The van der Waals surface area contributed by atoms with E-state index >= 15 is 0 Å². The standard InChI is InChI=1S/C27H50N4O5/c1-11-13-14-19(7)24(33)23(26(35)29-20(12-2)25(34)28-8)31(10)27(36)22(18(5)6)30(9)21(32)16-15-17(3)4/h11,13,17-20,22-24,33H,12,14-16H2,1-10H3,(H,28,34)(H,29,35)/b13-11+/t19-,20+,22+,23+,24-/m1/s1. The average molecular weight is 511 g/mol. The lowest BCUT2D eigenvalue weighted by Crippen LogP contribution is -2.62. The van der Waals surface area contributed by atoms with Crippen molar-refractivity contribution in [2.24, 2.45) is 17.8 Å². The summed E-state index contributed by atoms with van der Waals surface area (Å²) in [5, 5.41) is 16.4. The zero-order valence-corrected chi connectivity index (χ0v) is 24.0. The summed E-state index contributed by atoms with van der Waals surface area (Å²) in [6.07, 6.45) is 4.46. The highest BCUT2D eigenvalue weighted by atomic mass is 16.3. The van der Waals surface area contributed by atoms with E-state index in [9.17, 15) is 24.3 Å². The second kappa shape index (κ2) is 16.3. The minimum atomic E-state index is -1.24.